The van der Waals surface area contributed by atoms with E-state index in [-0.39, 0.29) is 13.2 Å². The molecule has 0 aromatic heterocycles. The summed E-state index contributed by atoms with van der Waals surface area (Å²) in [6, 6.07) is -0.617. The van der Waals surface area contributed by atoms with Crippen molar-refractivity contribution >= 4 is 5.97 Å². The Kier molecular flexibility index (Phi) is 8.10. The van der Waals surface area contributed by atoms with Crippen LogP contribution >= 0.6 is 0 Å². The van der Waals surface area contributed by atoms with Gasteiger partial charge in [-0.2, -0.15) is 0 Å². The first-order valence-corrected chi connectivity index (χ1v) is 5.16. The molecule has 0 fully saturated rings. The van der Waals surface area contributed by atoms with Gasteiger partial charge in [0, 0.05) is 13.7 Å². The van der Waals surface area contributed by atoms with Gasteiger partial charge in [0.25, 0.3) is 0 Å². The summed E-state index contributed by atoms with van der Waals surface area (Å²) >= 11 is 0. The molecule has 6 nitrogen and oxygen atoms in total. The molecule has 0 bridgehead atoms. The number of rotatable bonds is 9. The highest BCUT2D eigenvalue weighted by atomic mass is 16.5. The van der Waals surface area contributed by atoms with Crippen LogP contribution in [0.5, 0.6) is 0 Å². The van der Waals surface area contributed by atoms with Gasteiger partial charge in [0.2, 0.25) is 0 Å². The molecule has 0 heterocycles. The monoisotopic (exact) mass is 235 g/mol. The quantitative estimate of drug-likeness (QED) is 0.520. The van der Waals surface area contributed by atoms with Gasteiger partial charge in [-0.05, 0) is 14.0 Å². The number of aliphatic carboxylic acids is 1. The molecule has 0 rings (SSSR count). The van der Waals surface area contributed by atoms with Crippen molar-refractivity contribution in [2.24, 2.45) is 0 Å². The van der Waals surface area contributed by atoms with Gasteiger partial charge in [-0.15, -0.1) is 0 Å². The van der Waals surface area contributed by atoms with E-state index in [4.69, 9.17) is 14.6 Å². The number of hydrogen-bond donors (Lipinski definition) is 2. The van der Waals surface area contributed by atoms with Crippen molar-refractivity contribution in [1.29, 1.82) is 0 Å². The topological polar surface area (TPSA) is 79.2 Å². The standard InChI is InChI=1S/C10H21NO5/c1-8(10(13)14)11(2)6-9(12)7-16-5-4-15-3/h8-9,12H,4-7H2,1-3H3,(H,13,14). The van der Waals surface area contributed by atoms with Gasteiger partial charge >= 0.3 is 5.97 Å². The third-order valence-electron chi connectivity index (χ3n) is 2.26. The molecule has 0 aliphatic carbocycles. The van der Waals surface area contributed by atoms with Crippen LogP contribution in [0.25, 0.3) is 0 Å². The van der Waals surface area contributed by atoms with Crippen LogP contribution in [0, 0.1) is 0 Å². The van der Waals surface area contributed by atoms with Crippen LogP contribution < -0.4 is 0 Å². The number of ether oxygens (including phenoxy) is 2. The van der Waals surface area contributed by atoms with Gasteiger partial charge in [0.1, 0.15) is 6.04 Å². The Morgan fingerprint density at radius 1 is 1.44 bits per heavy atom. The Morgan fingerprint density at radius 2 is 2.06 bits per heavy atom. The minimum Gasteiger partial charge on any atom is -0.480 e. The average molecular weight is 235 g/mol. The van der Waals surface area contributed by atoms with Crippen LogP contribution in [-0.2, 0) is 14.3 Å². The minimum absolute atomic E-state index is 0.181. The van der Waals surface area contributed by atoms with E-state index in [2.05, 4.69) is 0 Å². The molecule has 0 aliphatic heterocycles. The first-order valence-electron chi connectivity index (χ1n) is 5.16. The van der Waals surface area contributed by atoms with Crippen LogP contribution in [-0.4, -0.2) is 73.8 Å². The molecule has 0 radical (unpaired) electrons. The third-order valence-corrected chi connectivity index (χ3v) is 2.26. The van der Waals surface area contributed by atoms with E-state index in [0.29, 0.717) is 13.2 Å². The molecule has 0 aromatic rings. The molecule has 0 amide bonds. The molecular weight excluding hydrogens is 214 g/mol. The Bertz CT molecular complexity index is 200. The lowest BCUT2D eigenvalue weighted by Crippen LogP contribution is -2.41. The van der Waals surface area contributed by atoms with Crippen molar-refractivity contribution in [2.45, 2.75) is 19.1 Å². The maximum absolute atomic E-state index is 10.7. The van der Waals surface area contributed by atoms with Gasteiger partial charge < -0.3 is 19.7 Å². The van der Waals surface area contributed by atoms with Crippen LogP contribution in [0.3, 0.4) is 0 Å². The van der Waals surface area contributed by atoms with Crippen LogP contribution in [0.15, 0.2) is 0 Å². The molecule has 96 valence electrons. The highest BCUT2D eigenvalue weighted by Crippen LogP contribution is 1.98. The van der Waals surface area contributed by atoms with E-state index in [1.165, 1.54) is 0 Å². The van der Waals surface area contributed by atoms with Crippen molar-refractivity contribution in [3.8, 4) is 0 Å². The highest BCUT2D eigenvalue weighted by Gasteiger charge is 2.19. The van der Waals surface area contributed by atoms with Crippen LogP contribution in [0.4, 0.5) is 0 Å². The molecule has 0 aliphatic rings. The summed E-state index contributed by atoms with van der Waals surface area (Å²) in [4.78, 5) is 12.2. The second kappa shape index (κ2) is 8.46. The van der Waals surface area contributed by atoms with Gasteiger partial charge in [0.15, 0.2) is 0 Å². The van der Waals surface area contributed by atoms with Crippen molar-refractivity contribution in [1.82, 2.24) is 4.90 Å². The molecule has 0 saturated heterocycles. The van der Waals surface area contributed by atoms with Crippen LogP contribution in [0.2, 0.25) is 0 Å². The summed E-state index contributed by atoms with van der Waals surface area (Å²) in [6.07, 6.45) is -0.691. The van der Waals surface area contributed by atoms with Crippen molar-refractivity contribution < 1.29 is 24.5 Å². The number of carboxylic acids is 1. The van der Waals surface area contributed by atoms with E-state index < -0.39 is 18.1 Å². The predicted octanol–water partition coefficient (Wildman–Crippen LogP) is -0.585. The zero-order chi connectivity index (χ0) is 12.6. The maximum atomic E-state index is 10.7. The van der Waals surface area contributed by atoms with Crippen LogP contribution in [0.1, 0.15) is 6.92 Å². The Morgan fingerprint density at radius 3 is 2.56 bits per heavy atom. The highest BCUT2D eigenvalue weighted by molar-refractivity contribution is 5.72. The van der Waals surface area contributed by atoms with Crippen molar-refractivity contribution in [3.63, 3.8) is 0 Å². The Hall–Kier alpha value is -0.690. The SMILES string of the molecule is COCCOCC(O)CN(C)C(C)C(=O)O. The zero-order valence-electron chi connectivity index (χ0n) is 10.0. The fraction of sp³-hybridized carbons (Fsp3) is 0.900. The summed E-state index contributed by atoms with van der Waals surface area (Å²) < 4.78 is 9.91. The fourth-order valence-corrected chi connectivity index (χ4v) is 1.09. The third kappa shape index (κ3) is 6.73. The summed E-state index contributed by atoms with van der Waals surface area (Å²) in [5, 5.41) is 18.3. The minimum atomic E-state index is -0.907. The first-order chi connectivity index (χ1) is 7.49. The number of methoxy groups -OCH3 is 1. The molecule has 2 atom stereocenters. The molecule has 2 N–H and O–H groups in total. The fourth-order valence-electron chi connectivity index (χ4n) is 1.09. The lowest BCUT2D eigenvalue weighted by atomic mass is 10.2. The number of likely N-dealkylation sites (N-methyl/N-ethyl adjacent to an activating group) is 1. The second-order valence-corrected chi connectivity index (χ2v) is 3.68. The van der Waals surface area contributed by atoms with Crippen molar-refractivity contribution in [3.05, 3.63) is 0 Å². The van der Waals surface area contributed by atoms with Gasteiger partial charge in [0.05, 0.1) is 25.9 Å². The second-order valence-electron chi connectivity index (χ2n) is 3.68. The number of carbonyl (C=O) groups is 1. The lowest BCUT2D eigenvalue weighted by Gasteiger charge is -2.23. The Labute approximate surface area is 95.8 Å². The molecule has 0 spiro atoms. The van der Waals surface area contributed by atoms with E-state index >= 15 is 0 Å². The largest absolute Gasteiger partial charge is 0.480 e. The first kappa shape index (κ1) is 15.3. The molecular formula is C10H21NO5. The summed E-state index contributed by atoms with van der Waals surface area (Å²) in [5.41, 5.74) is 0. The van der Waals surface area contributed by atoms with Gasteiger partial charge in [-0.3, -0.25) is 9.69 Å². The number of aliphatic hydroxyl groups is 1. The van der Waals surface area contributed by atoms with E-state index in [1.807, 2.05) is 0 Å². The summed E-state index contributed by atoms with van der Waals surface area (Å²) in [7, 11) is 3.22. The molecule has 2 unspecified atom stereocenters. The van der Waals surface area contributed by atoms with E-state index in [9.17, 15) is 9.90 Å². The van der Waals surface area contributed by atoms with Gasteiger partial charge in [-0.1, -0.05) is 0 Å². The molecule has 6 heteroatoms. The predicted molar refractivity (Wildman–Crippen MR) is 58.4 cm³/mol. The zero-order valence-corrected chi connectivity index (χ0v) is 10.0. The summed E-state index contributed by atoms with van der Waals surface area (Å²) in [6.45, 7) is 2.92. The lowest BCUT2D eigenvalue weighted by molar-refractivity contribution is -0.142. The smallest absolute Gasteiger partial charge is 0.320 e. The van der Waals surface area contributed by atoms with E-state index in [0.717, 1.165) is 0 Å². The van der Waals surface area contributed by atoms with Gasteiger partial charge in [-0.25, -0.2) is 0 Å². The Balaban J connectivity index is 3.69. The van der Waals surface area contributed by atoms with E-state index in [1.54, 1.807) is 26.0 Å². The maximum Gasteiger partial charge on any atom is 0.320 e. The number of nitrogens with zero attached hydrogens (tertiary/aromatic N) is 1. The number of carboxylic acid groups (broad SMARTS) is 1. The number of hydrogen-bond acceptors (Lipinski definition) is 5. The summed E-state index contributed by atoms with van der Waals surface area (Å²) in [5.74, 6) is -0.907. The molecule has 0 aromatic carbocycles. The van der Waals surface area contributed by atoms with Crippen molar-refractivity contribution in [2.75, 3.05) is 40.5 Å². The average Bonchev–Trinajstić information content (AvgIpc) is 2.23. The molecule has 16 heavy (non-hydrogen) atoms. The normalized spacial score (nSPS) is 15.1. The molecule has 0 saturated carbocycles. The number of aliphatic hydroxyl groups excluding tert-OH is 1.